The van der Waals surface area contributed by atoms with Gasteiger partial charge in [-0.3, -0.25) is 19.1 Å². The van der Waals surface area contributed by atoms with E-state index in [4.69, 9.17) is 19.4 Å². The highest BCUT2D eigenvalue weighted by Crippen LogP contribution is 2.38. The lowest BCUT2D eigenvalue weighted by molar-refractivity contribution is 0.0248. The van der Waals surface area contributed by atoms with Gasteiger partial charge in [0, 0.05) is 37.5 Å². The number of carbonyl (C=O) groups excluding carboxylic acids is 2. The second kappa shape index (κ2) is 10.5. The van der Waals surface area contributed by atoms with Crippen molar-refractivity contribution >= 4 is 34.8 Å². The van der Waals surface area contributed by atoms with E-state index in [0.29, 0.717) is 59.4 Å². The van der Waals surface area contributed by atoms with Gasteiger partial charge in [0.25, 0.3) is 5.91 Å². The molecule has 0 aromatic carbocycles. The number of amides is 2. The summed E-state index contributed by atoms with van der Waals surface area (Å²) in [6.07, 6.45) is 3.95. The highest BCUT2D eigenvalue weighted by atomic mass is 19.1. The van der Waals surface area contributed by atoms with Crippen molar-refractivity contribution in [2.45, 2.75) is 45.5 Å². The molecule has 0 bridgehead atoms. The summed E-state index contributed by atoms with van der Waals surface area (Å²) in [6, 6.07) is 6.84. The molecule has 1 saturated heterocycles. The van der Waals surface area contributed by atoms with Gasteiger partial charge in [0.2, 0.25) is 0 Å². The molecule has 3 aliphatic heterocycles. The van der Waals surface area contributed by atoms with E-state index >= 15 is 0 Å². The normalized spacial score (nSPS) is 18.6. The molecular weight excluding hydrogens is 567 g/mol. The molecule has 1 unspecified atom stereocenters. The molecule has 44 heavy (non-hydrogen) atoms. The fourth-order valence-electron chi connectivity index (χ4n) is 6.11. The van der Waals surface area contributed by atoms with E-state index in [1.54, 1.807) is 43.8 Å². The van der Waals surface area contributed by atoms with Crippen LogP contribution < -0.4 is 10.2 Å². The zero-order valence-corrected chi connectivity index (χ0v) is 25.0. The fourth-order valence-corrected chi connectivity index (χ4v) is 6.11. The number of imide groups is 1. The number of carbonyl (C=O) groups is 2. The predicted molar refractivity (Wildman–Crippen MR) is 160 cm³/mol. The molecule has 13 heteroatoms. The first-order valence-corrected chi connectivity index (χ1v) is 14.6. The van der Waals surface area contributed by atoms with Crippen molar-refractivity contribution in [3.63, 3.8) is 0 Å². The van der Waals surface area contributed by atoms with Crippen LogP contribution in [0.5, 0.6) is 0 Å². The molecule has 0 aliphatic carbocycles. The van der Waals surface area contributed by atoms with Crippen LogP contribution in [0, 0.1) is 5.82 Å². The van der Waals surface area contributed by atoms with Gasteiger partial charge in [-0.05, 0) is 46.0 Å². The standard InChI is InChI=1S/C31H33FN8O4/c1-31(2,3)44-30(42)40-15-20-27(29(40)41)21(12-34-28(20)24-13-33-26-11-18(32)7-8-39(24)26)35-25-6-5-23-22(36-25)16-37(4)14-19-17-43-10-9-38(19)23/h5-8,11-13,19H,9-10,14-17H2,1-4H3,(H,35,36). The number of fused-ring (bicyclic) bond motifs is 5. The van der Waals surface area contributed by atoms with Crippen LogP contribution in [0.4, 0.5) is 26.4 Å². The Bertz CT molecular complexity index is 1800. The van der Waals surface area contributed by atoms with Crippen LogP contribution in [0.25, 0.3) is 17.0 Å². The summed E-state index contributed by atoms with van der Waals surface area (Å²) in [5.41, 5.74) is 3.85. The molecule has 228 valence electrons. The molecule has 4 aromatic rings. The second-order valence-corrected chi connectivity index (χ2v) is 12.4. The average molecular weight is 601 g/mol. The Hall–Kier alpha value is -4.62. The fraction of sp³-hybridized carbons (Fsp3) is 0.387. The molecule has 1 atom stereocenters. The van der Waals surface area contributed by atoms with E-state index in [2.05, 4.69) is 33.2 Å². The number of ether oxygens (including phenoxy) is 2. The number of aromatic nitrogens is 4. The topological polar surface area (TPSA) is 117 Å². The zero-order valence-electron chi connectivity index (χ0n) is 25.0. The van der Waals surface area contributed by atoms with E-state index in [1.807, 2.05) is 6.07 Å². The molecule has 7 heterocycles. The molecule has 2 amide bonds. The number of imidazole rings is 1. The Balaban J connectivity index is 1.29. The Kier molecular flexibility index (Phi) is 6.74. The van der Waals surface area contributed by atoms with Gasteiger partial charge in [0.05, 0.1) is 72.2 Å². The van der Waals surface area contributed by atoms with E-state index in [9.17, 15) is 14.0 Å². The molecule has 0 saturated carbocycles. The van der Waals surface area contributed by atoms with Crippen LogP contribution in [0.3, 0.4) is 0 Å². The number of hydrogen-bond donors (Lipinski definition) is 1. The zero-order chi connectivity index (χ0) is 30.7. The monoisotopic (exact) mass is 600 g/mol. The summed E-state index contributed by atoms with van der Waals surface area (Å²) in [5.74, 6) is -0.373. The van der Waals surface area contributed by atoms with Crippen molar-refractivity contribution in [1.82, 2.24) is 29.2 Å². The van der Waals surface area contributed by atoms with Crippen molar-refractivity contribution in [2.75, 3.05) is 43.6 Å². The van der Waals surface area contributed by atoms with Gasteiger partial charge in [-0.15, -0.1) is 0 Å². The predicted octanol–water partition coefficient (Wildman–Crippen LogP) is 4.22. The first-order chi connectivity index (χ1) is 21.1. The van der Waals surface area contributed by atoms with Crippen LogP contribution in [0.2, 0.25) is 0 Å². The highest BCUT2D eigenvalue weighted by molar-refractivity contribution is 6.11. The lowest BCUT2D eigenvalue weighted by Crippen LogP contribution is -2.49. The minimum Gasteiger partial charge on any atom is -0.443 e. The minimum absolute atomic E-state index is 0.0454. The van der Waals surface area contributed by atoms with E-state index in [0.717, 1.165) is 29.4 Å². The number of nitrogens with zero attached hydrogens (tertiary/aromatic N) is 7. The van der Waals surface area contributed by atoms with Crippen molar-refractivity contribution in [2.24, 2.45) is 0 Å². The number of anilines is 3. The smallest absolute Gasteiger partial charge is 0.417 e. The highest BCUT2D eigenvalue weighted by Gasteiger charge is 2.40. The van der Waals surface area contributed by atoms with Gasteiger partial charge in [-0.2, -0.15) is 0 Å². The van der Waals surface area contributed by atoms with Gasteiger partial charge in [-0.1, -0.05) is 0 Å². The Morgan fingerprint density at radius 1 is 1.16 bits per heavy atom. The number of hydrogen-bond acceptors (Lipinski definition) is 10. The molecule has 0 spiro atoms. The maximum atomic E-state index is 13.9. The average Bonchev–Trinajstić information content (AvgIpc) is 3.50. The maximum Gasteiger partial charge on any atom is 0.417 e. The first-order valence-electron chi connectivity index (χ1n) is 14.6. The number of rotatable bonds is 3. The van der Waals surface area contributed by atoms with Gasteiger partial charge in [-0.25, -0.2) is 24.1 Å². The summed E-state index contributed by atoms with van der Waals surface area (Å²) in [6.45, 7) is 8.85. The lowest BCUT2D eigenvalue weighted by Gasteiger charge is -2.37. The Labute approximate surface area is 253 Å². The van der Waals surface area contributed by atoms with Crippen LogP contribution in [-0.2, 0) is 22.6 Å². The molecule has 3 aliphatic rings. The molecular formula is C31H33FN8O4. The van der Waals surface area contributed by atoms with Gasteiger partial charge >= 0.3 is 6.09 Å². The molecule has 1 fully saturated rings. The Morgan fingerprint density at radius 3 is 2.82 bits per heavy atom. The van der Waals surface area contributed by atoms with Crippen molar-refractivity contribution < 1.29 is 23.5 Å². The molecule has 0 radical (unpaired) electrons. The van der Waals surface area contributed by atoms with E-state index in [1.165, 1.54) is 12.1 Å². The summed E-state index contributed by atoms with van der Waals surface area (Å²) < 4.78 is 26.9. The lowest BCUT2D eigenvalue weighted by atomic mass is 10.1. The maximum absolute atomic E-state index is 13.9. The molecule has 1 N–H and O–H groups in total. The number of nitrogens with one attached hydrogen (secondary N) is 1. The van der Waals surface area contributed by atoms with Crippen LogP contribution in [0.1, 0.15) is 42.4 Å². The Morgan fingerprint density at radius 2 is 2.00 bits per heavy atom. The summed E-state index contributed by atoms with van der Waals surface area (Å²) >= 11 is 0. The van der Waals surface area contributed by atoms with Gasteiger partial charge < -0.3 is 19.7 Å². The van der Waals surface area contributed by atoms with Crippen molar-refractivity contribution in [1.29, 1.82) is 0 Å². The largest absolute Gasteiger partial charge is 0.443 e. The number of likely N-dealkylation sites (N-methyl/N-ethyl adjacent to an activating group) is 1. The molecule has 7 rings (SSSR count). The summed E-state index contributed by atoms with van der Waals surface area (Å²) in [5, 5.41) is 3.31. The van der Waals surface area contributed by atoms with E-state index in [-0.39, 0.29) is 12.6 Å². The number of halogens is 1. The van der Waals surface area contributed by atoms with Crippen LogP contribution in [0.15, 0.2) is 42.9 Å². The summed E-state index contributed by atoms with van der Waals surface area (Å²) in [7, 11) is 2.07. The second-order valence-electron chi connectivity index (χ2n) is 12.4. The van der Waals surface area contributed by atoms with Crippen molar-refractivity contribution in [3.05, 3.63) is 65.5 Å². The third kappa shape index (κ3) is 5.01. The summed E-state index contributed by atoms with van der Waals surface area (Å²) in [4.78, 5) is 46.7. The molecule has 12 nitrogen and oxygen atoms in total. The first kappa shape index (κ1) is 28.2. The SMILES string of the molecule is CN1Cc2nc(Nc3cnc(-c4cnc5cc(F)ccn45)c4c3C(=O)N(C(=O)OC(C)(C)C)C4)ccc2N2CCOCC2C1. The van der Waals surface area contributed by atoms with Crippen LogP contribution in [-0.4, -0.2) is 86.1 Å². The number of morpholine rings is 1. The van der Waals surface area contributed by atoms with Gasteiger partial charge in [0.15, 0.2) is 0 Å². The third-order valence-corrected chi connectivity index (χ3v) is 7.98. The van der Waals surface area contributed by atoms with Crippen LogP contribution >= 0.6 is 0 Å². The van der Waals surface area contributed by atoms with E-state index < -0.39 is 23.4 Å². The number of pyridine rings is 3. The molecule has 4 aromatic heterocycles. The van der Waals surface area contributed by atoms with Crippen molar-refractivity contribution in [3.8, 4) is 11.4 Å². The minimum atomic E-state index is -0.793. The van der Waals surface area contributed by atoms with Gasteiger partial charge in [0.1, 0.15) is 22.9 Å². The third-order valence-electron chi connectivity index (χ3n) is 7.98. The quantitative estimate of drug-likeness (QED) is 0.366.